The van der Waals surface area contributed by atoms with E-state index in [0.717, 1.165) is 48.7 Å². The number of fused-ring (bicyclic) bond motifs is 4. The lowest BCUT2D eigenvalue weighted by Gasteiger charge is -2.47. The Kier molecular flexibility index (Phi) is 2.91. The highest BCUT2D eigenvalue weighted by atomic mass is 32.1. The molecular weight excluding hydrogens is 260 g/mol. The van der Waals surface area contributed by atoms with Crippen molar-refractivity contribution in [1.82, 2.24) is 19.8 Å². The fraction of sp³-hybridized carbons (Fsp3) is 0.692. The average molecular weight is 278 g/mol. The number of nitrogens with zero attached hydrogens (tertiary/aromatic N) is 3. The van der Waals surface area contributed by atoms with Crippen LogP contribution in [0.15, 0.2) is 0 Å². The maximum atomic E-state index is 5.47. The van der Waals surface area contributed by atoms with Gasteiger partial charge in [-0.3, -0.25) is 9.80 Å². The zero-order valence-corrected chi connectivity index (χ0v) is 11.7. The lowest BCUT2D eigenvalue weighted by Crippen LogP contribution is -2.57. The first-order valence-electron chi connectivity index (χ1n) is 6.97. The van der Waals surface area contributed by atoms with Gasteiger partial charge < -0.3 is 9.72 Å². The molecule has 0 saturated carbocycles. The van der Waals surface area contributed by atoms with Gasteiger partial charge in [-0.2, -0.15) is 0 Å². The Bertz CT molecular complexity index is 550. The second-order valence-corrected chi connectivity index (χ2v) is 5.93. The van der Waals surface area contributed by atoms with Gasteiger partial charge in [0, 0.05) is 50.4 Å². The highest BCUT2D eigenvalue weighted by Crippen LogP contribution is 2.28. The number of piperazine rings is 3. The molecule has 1 aromatic heterocycles. The summed E-state index contributed by atoms with van der Waals surface area (Å²) < 4.78 is 6.19. The Labute approximate surface area is 117 Å². The van der Waals surface area contributed by atoms with Gasteiger partial charge in [0.25, 0.3) is 0 Å². The van der Waals surface area contributed by atoms with E-state index in [4.69, 9.17) is 17.0 Å². The predicted molar refractivity (Wildman–Crippen MR) is 73.5 cm³/mol. The van der Waals surface area contributed by atoms with Crippen molar-refractivity contribution in [2.75, 3.05) is 39.3 Å². The molecule has 2 bridgehead atoms. The van der Waals surface area contributed by atoms with Crippen LogP contribution in [-0.2, 0) is 17.8 Å². The molecule has 5 heterocycles. The molecule has 102 valence electrons. The van der Waals surface area contributed by atoms with Crippen LogP contribution >= 0.6 is 12.2 Å². The molecule has 4 aliphatic heterocycles. The first-order chi connectivity index (χ1) is 9.31. The smallest absolute Gasteiger partial charge is 0.135 e. The summed E-state index contributed by atoms with van der Waals surface area (Å²) in [6.45, 7) is 7.14. The molecule has 3 fully saturated rings. The Morgan fingerprint density at radius 2 is 2.11 bits per heavy atom. The highest BCUT2D eigenvalue weighted by Gasteiger charge is 2.34. The van der Waals surface area contributed by atoms with E-state index in [0.29, 0.717) is 12.6 Å². The van der Waals surface area contributed by atoms with Crippen molar-refractivity contribution < 1.29 is 4.74 Å². The van der Waals surface area contributed by atoms with E-state index in [1.807, 2.05) is 0 Å². The molecule has 1 unspecified atom stereocenters. The maximum absolute atomic E-state index is 5.47. The van der Waals surface area contributed by atoms with E-state index in [2.05, 4.69) is 19.8 Å². The van der Waals surface area contributed by atoms with Crippen molar-refractivity contribution in [3.63, 3.8) is 0 Å². The van der Waals surface area contributed by atoms with Gasteiger partial charge in [-0.15, -0.1) is 0 Å². The Morgan fingerprint density at radius 1 is 1.26 bits per heavy atom. The number of aromatic amines is 1. The summed E-state index contributed by atoms with van der Waals surface area (Å²) in [6.07, 6.45) is 0.922. The van der Waals surface area contributed by atoms with Crippen LogP contribution in [-0.4, -0.2) is 59.1 Å². The molecule has 4 aliphatic rings. The van der Waals surface area contributed by atoms with Gasteiger partial charge in [-0.25, -0.2) is 4.98 Å². The third-order valence-electron chi connectivity index (χ3n) is 4.46. The summed E-state index contributed by atoms with van der Waals surface area (Å²) in [6, 6.07) is 0.386. The molecule has 0 spiro atoms. The summed E-state index contributed by atoms with van der Waals surface area (Å²) in [5.74, 6) is 1.05. The number of hydrogen-bond acceptors (Lipinski definition) is 5. The normalized spacial score (nSPS) is 33.2. The zero-order valence-electron chi connectivity index (χ0n) is 10.9. The van der Waals surface area contributed by atoms with Crippen molar-refractivity contribution in [2.45, 2.75) is 19.1 Å². The average Bonchev–Trinajstić information content (AvgIpc) is 2.48. The first-order valence-corrected chi connectivity index (χ1v) is 7.38. The third-order valence-corrected chi connectivity index (χ3v) is 4.80. The molecule has 5 rings (SSSR count). The van der Waals surface area contributed by atoms with Crippen molar-refractivity contribution in [2.24, 2.45) is 0 Å². The lowest BCUT2D eigenvalue weighted by atomic mass is 10.1. The molecule has 1 N–H and O–H groups in total. The zero-order chi connectivity index (χ0) is 12.8. The third kappa shape index (κ3) is 2.03. The van der Waals surface area contributed by atoms with Crippen LogP contribution in [0.1, 0.15) is 23.1 Å². The molecule has 19 heavy (non-hydrogen) atoms. The van der Waals surface area contributed by atoms with E-state index < -0.39 is 0 Å². The molecule has 0 radical (unpaired) electrons. The summed E-state index contributed by atoms with van der Waals surface area (Å²) in [5.41, 5.74) is 2.32. The van der Waals surface area contributed by atoms with E-state index in [9.17, 15) is 0 Å². The topological polar surface area (TPSA) is 44.4 Å². The minimum atomic E-state index is 0.386. The number of H-pyrrole nitrogens is 1. The quantitative estimate of drug-likeness (QED) is 0.773. The molecule has 1 atom stereocenters. The number of hydrogen-bond donors (Lipinski definition) is 1. The van der Waals surface area contributed by atoms with Crippen LogP contribution in [0.5, 0.6) is 0 Å². The summed E-state index contributed by atoms with van der Waals surface area (Å²) in [7, 11) is 0. The van der Waals surface area contributed by atoms with Gasteiger partial charge in [0.05, 0.1) is 19.3 Å². The van der Waals surface area contributed by atoms with Crippen LogP contribution in [0.3, 0.4) is 0 Å². The minimum Gasteiger partial charge on any atom is -0.376 e. The maximum Gasteiger partial charge on any atom is 0.135 e. The van der Waals surface area contributed by atoms with Gasteiger partial charge in [0.2, 0.25) is 0 Å². The van der Waals surface area contributed by atoms with Crippen LogP contribution in [0.2, 0.25) is 0 Å². The monoisotopic (exact) mass is 278 g/mol. The first kappa shape index (κ1) is 12.0. The number of aromatic nitrogens is 2. The molecule has 0 amide bonds. The number of ether oxygens (including phenoxy) is 1. The second kappa shape index (κ2) is 4.63. The second-order valence-electron chi connectivity index (χ2n) is 5.54. The number of rotatable bonds is 1. The summed E-state index contributed by atoms with van der Waals surface area (Å²) >= 11 is 5.44. The van der Waals surface area contributed by atoms with Gasteiger partial charge in [-0.1, -0.05) is 12.2 Å². The van der Waals surface area contributed by atoms with Crippen molar-refractivity contribution in [3.05, 3.63) is 21.7 Å². The molecule has 6 heteroatoms. The molecule has 3 saturated heterocycles. The lowest BCUT2D eigenvalue weighted by molar-refractivity contribution is 0.00825. The van der Waals surface area contributed by atoms with Crippen molar-refractivity contribution in [3.8, 4) is 0 Å². The Morgan fingerprint density at radius 3 is 2.84 bits per heavy atom. The molecule has 0 aliphatic carbocycles. The SMILES string of the molecule is S=c1nc(C2CN3CCN2CC3)[nH]c2c1COCC2. The standard InChI is InChI=1S/C13H18N4OS/c19-13-9-8-18-6-1-10(9)14-12(15-13)11-7-16-2-4-17(11)5-3-16/h11H,1-8H2,(H,14,15,19). The fourth-order valence-electron chi connectivity index (χ4n) is 3.31. The largest absolute Gasteiger partial charge is 0.376 e. The minimum absolute atomic E-state index is 0.386. The van der Waals surface area contributed by atoms with Gasteiger partial charge >= 0.3 is 0 Å². The molecule has 0 aromatic carbocycles. The van der Waals surface area contributed by atoms with Crippen LogP contribution in [0, 0.1) is 4.64 Å². The van der Waals surface area contributed by atoms with Crippen LogP contribution in [0.25, 0.3) is 0 Å². The Balaban J connectivity index is 1.72. The highest BCUT2D eigenvalue weighted by molar-refractivity contribution is 7.71. The fourth-order valence-corrected chi connectivity index (χ4v) is 3.59. The van der Waals surface area contributed by atoms with Crippen LogP contribution < -0.4 is 0 Å². The molecular formula is C13H18N4OS. The van der Waals surface area contributed by atoms with Gasteiger partial charge in [0.15, 0.2) is 0 Å². The molecule has 1 aromatic rings. The predicted octanol–water partition coefficient (Wildman–Crippen LogP) is 0.884. The van der Waals surface area contributed by atoms with Gasteiger partial charge in [-0.05, 0) is 0 Å². The molecule has 5 nitrogen and oxygen atoms in total. The van der Waals surface area contributed by atoms with E-state index >= 15 is 0 Å². The van der Waals surface area contributed by atoms with E-state index in [1.54, 1.807) is 0 Å². The van der Waals surface area contributed by atoms with Crippen LogP contribution in [0.4, 0.5) is 0 Å². The number of nitrogens with one attached hydrogen (secondary N) is 1. The van der Waals surface area contributed by atoms with Gasteiger partial charge in [0.1, 0.15) is 10.5 Å². The Hall–Kier alpha value is -0.820. The van der Waals surface area contributed by atoms with E-state index in [-0.39, 0.29) is 0 Å². The van der Waals surface area contributed by atoms with Crippen molar-refractivity contribution in [1.29, 1.82) is 0 Å². The summed E-state index contributed by atoms with van der Waals surface area (Å²) in [5, 5.41) is 0. The van der Waals surface area contributed by atoms with E-state index in [1.165, 1.54) is 18.8 Å². The summed E-state index contributed by atoms with van der Waals surface area (Å²) in [4.78, 5) is 13.2. The van der Waals surface area contributed by atoms with Crippen molar-refractivity contribution >= 4 is 12.2 Å².